The van der Waals surface area contributed by atoms with Crippen LogP contribution in [-0.2, 0) is 12.7 Å². The molecule has 1 N–H and O–H groups in total. The molecule has 0 saturated heterocycles. The largest absolute Gasteiger partial charge is 0.508 e. The van der Waals surface area contributed by atoms with E-state index in [-0.39, 0.29) is 23.5 Å². The molecule has 114 valence electrons. The van der Waals surface area contributed by atoms with Gasteiger partial charge in [0.1, 0.15) is 11.6 Å². The van der Waals surface area contributed by atoms with E-state index in [0.29, 0.717) is 17.7 Å². The summed E-state index contributed by atoms with van der Waals surface area (Å²) in [5.41, 5.74) is -0.847. The molecule has 0 aliphatic carbocycles. The van der Waals surface area contributed by atoms with Gasteiger partial charge in [0.25, 0.3) is 5.91 Å². The van der Waals surface area contributed by atoms with E-state index < -0.39 is 23.5 Å². The van der Waals surface area contributed by atoms with Crippen molar-refractivity contribution in [3.63, 3.8) is 0 Å². The Morgan fingerprint density at radius 1 is 1.14 bits per heavy atom. The fraction of sp³-hybridized carbons (Fsp3) is 0.133. The Labute approximate surface area is 122 Å². The molecule has 0 bridgehead atoms. The Hall–Kier alpha value is -2.57. The van der Waals surface area contributed by atoms with E-state index >= 15 is 0 Å². The van der Waals surface area contributed by atoms with Crippen LogP contribution in [0.2, 0.25) is 0 Å². The normalized spacial score (nSPS) is 14.4. The van der Waals surface area contributed by atoms with Gasteiger partial charge in [-0.3, -0.25) is 4.79 Å². The van der Waals surface area contributed by atoms with E-state index in [9.17, 15) is 27.5 Å². The third kappa shape index (κ3) is 2.18. The smallest absolute Gasteiger partial charge is 0.416 e. The van der Waals surface area contributed by atoms with Gasteiger partial charge in [-0.1, -0.05) is 6.07 Å². The number of phenolic OH excluding ortho intramolecular Hbond substituents is 1. The summed E-state index contributed by atoms with van der Waals surface area (Å²) in [5, 5.41) is 9.71. The van der Waals surface area contributed by atoms with Crippen LogP contribution in [0.3, 0.4) is 0 Å². The number of carbonyl (C=O) groups excluding carboxylic acids is 1. The maximum Gasteiger partial charge on any atom is 0.416 e. The fourth-order valence-electron chi connectivity index (χ4n) is 2.41. The van der Waals surface area contributed by atoms with Crippen molar-refractivity contribution in [2.24, 2.45) is 0 Å². The lowest BCUT2D eigenvalue weighted by Crippen LogP contribution is -2.24. The molecule has 7 heteroatoms. The second-order valence-electron chi connectivity index (χ2n) is 4.86. The second kappa shape index (κ2) is 4.72. The zero-order valence-electron chi connectivity index (χ0n) is 11.0. The number of halogens is 4. The lowest BCUT2D eigenvalue weighted by atomic mass is 10.1. The van der Waals surface area contributed by atoms with Crippen LogP contribution < -0.4 is 4.90 Å². The Morgan fingerprint density at radius 2 is 1.86 bits per heavy atom. The standard InChI is InChI=1S/C15H9F4NO2/c16-11-6-8(15(17,18)19)4-5-12(11)20-7-10-9(14(20)22)2-1-3-13(10)21/h1-6,21H,7H2. The van der Waals surface area contributed by atoms with Crippen LogP contribution in [0.25, 0.3) is 0 Å². The van der Waals surface area contributed by atoms with Crippen LogP contribution in [0.4, 0.5) is 23.2 Å². The molecule has 0 radical (unpaired) electrons. The van der Waals surface area contributed by atoms with Gasteiger partial charge in [-0.05, 0) is 30.3 Å². The van der Waals surface area contributed by atoms with Crippen molar-refractivity contribution in [2.75, 3.05) is 4.90 Å². The summed E-state index contributed by atoms with van der Waals surface area (Å²) in [6, 6.07) is 6.32. The van der Waals surface area contributed by atoms with Gasteiger partial charge in [0, 0.05) is 11.1 Å². The lowest BCUT2D eigenvalue weighted by molar-refractivity contribution is -0.137. The summed E-state index contributed by atoms with van der Waals surface area (Å²) in [6.07, 6.45) is -4.66. The van der Waals surface area contributed by atoms with E-state index in [1.165, 1.54) is 18.2 Å². The summed E-state index contributed by atoms with van der Waals surface area (Å²) < 4.78 is 51.6. The Kier molecular flexibility index (Phi) is 3.09. The molecular weight excluding hydrogens is 302 g/mol. The highest BCUT2D eigenvalue weighted by Crippen LogP contribution is 2.36. The number of nitrogens with zero attached hydrogens (tertiary/aromatic N) is 1. The van der Waals surface area contributed by atoms with E-state index in [4.69, 9.17) is 0 Å². The molecule has 0 aromatic heterocycles. The molecule has 22 heavy (non-hydrogen) atoms. The van der Waals surface area contributed by atoms with Crippen LogP contribution in [0.1, 0.15) is 21.5 Å². The molecule has 1 aliphatic rings. The molecule has 1 heterocycles. The average Bonchev–Trinajstić information content (AvgIpc) is 2.77. The zero-order chi connectivity index (χ0) is 16.1. The Bertz CT molecular complexity index is 771. The lowest BCUT2D eigenvalue weighted by Gasteiger charge is -2.17. The predicted molar refractivity (Wildman–Crippen MR) is 70.0 cm³/mol. The molecule has 3 rings (SSSR count). The number of anilines is 1. The maximum absolute atomic E-state index is 14.0. The molecule has 2 aromatic carbocycles. The first-order valence-electron chi connectivity index (χ1n) is 6.28. The topological polar surface area (TPSA) is 40.5 Å². The predicted octanol–water partition coefficient (Wildman–Crippen LogP) is 3.71. The van der Waals surface area contributed by atoms with Crippen molar-refractivity contribution >= 4 is 11.6 Å². The van der Waals surface area contributed by atoms with E-state index in [0.717, 1.165) is 11.0 Å². The molecule has 0 atom stereocenters. The number of carbonyl (C=O) groups is 1. The molecule has 0 unspecified atom stereocenters. The van der Waals surface area contributed by atoms with Gasteiger partial charge in [-0.25, -0.2) is 4.39 Å². The number of aromatic hydroxyl groups is 1. The fourth-order valence-corrected chi connectivity index (χ4v) is 2.41. The van der Waals surface area contributed by atoms with Gasteiger partial charge in [0.05, 0.1) is 17.8 Å². The van der Waals surface area contributed by atoms with Crippen molar-refractivity contribution in [2.45, 2.75) is 12.7 Å². The molecule has 2 aromatic rings. The number of fused-ring (bicyclic) bond motifs is 1. The minimum absolute atomic E-state index is 0.0941. The van der Waals surface area contributed by atoms with Gasteiger partial charge < -0.3 is 10.0 Å². The first kappa shape index (κ1) is 14.4. The van der Waals surface area contributed by atoms with Gasteiger partial charge in [-0.2, -0.15) is 13.2 Å². The van der Waals surface area contributed by atoms with Crippen LogP contribution in [-0.4, -0.2) is 11.0 Å². The molecule has 0 saturated carbocycles. The van der Waals surface area contributed by atoms with Crippen LogP contribution in [0.5, 0.6) is 5.75 Å². The average molecular weight is 311 g/mol. The quantitative estimate of drug-likeness (QED) is 0.816. The van der Waals surface area contributed by atoms with Crippen LogP contribution in [0.15, 0.2) is 36.4 Å². The number of phenols is 1. The van der Waals surface area contributed by atoms with Gasteiger partial charge in [0.15, 0.2) is 0 Å². The highest BCUT2D eigenvalue weighted by atomic mass is 19.4. The highest BCUT2D eigenvalue weighted by molar-refractivity contribution is 6.10. The molecule has 0 spiro atoms. The van der Waals surface area contributed by atoms with Gasteiger partial charge in [-0.15, -0.1) is 0 Å². The Balaban J connectivity index is 2.01. The first-order chi connectivity index (χ1) is 10.3. The van der Waals surface area contributed by atoms with Gasteiger partial charge >= 0.3 is 6.18 Å². The Morgan fingerprint density at radius 3 is 2.45 bits per heavy atom. The summed E-state index contributed by atoms with van der Waals surface area (Å²) in [4.78, 5) is 13.2. The monoisotopic (exact) mass is 311 g/mol. The van der Waals surface area contributed by atoms with Crippen molar-refractivity contribution in [1.29, 1.82) is 0 Å². The van der Waals surface area contributed by atoms with E-state index in [2.05, 4.69) is 0 Å². The third-order valence-electron chi connectivity index (χ3n) is 3.51. The van der Waals surface area contributed by atoms with E-state index in [1.807, 2.05) is 0 Å². The van der Waals surface area contributed by atoms with Crippen molar-refractivity contribution in [3.8, 4) is 5.75 Å². The first-order valence-corrected chi connectivity index (χ1v) is 6.28. The summed E-state index contributed by atoms with van der Waals surface area (Å²) in [7, 11) is 0. The summed E-state index contributed by atoms with van der Waals surface area (Å²) >= 11 is 0. The summed E-state index contributed by atoms with van der Waals surface area (Å²) in [6.45, 7) is -0.0941. The molecule has 1 aliphatic heterocycles. The number of hydrogen-bond donors (Lipinski definition) is 1. The minimum Gasteiger partial charge on any atom is -0.508 e. The maximum atomic E-state index is 14.0. The van der Waals surface area contributed by atoms with Crippen molar-refractivity contribution < 1.29 is 27.5 Å². The number of alkyl halides is 3. The highest BCUT2D eigenvalue weighted by Gasteiger charge is 2.35. The van der Waals surface area contributed by atoms with Crippen molar-refractivity contribution in [1.82, 2.24) is 0 Å². The SMILES string of the molecule is O=C1c2cccc(O)c2CN1c1ccc(C(F)(F)F)cc1F. The van der Waals surface area contributed by atoms with Crippen molar-refractivity contribution in [3.05, 3.63) is 58.9 Å². The number of hydrogen-bond acceptors (Lipinski definition) is 2. The van der Waals surface area contributed by atoms with Crippen LogP contribution in [0, 0.1) is 5.82 Å². The number of amides is 1. The molecule has 0 fully saturated rings. The third-order valence-corrected chi connectivity index (χ3v) is 3.51. The zero-order valence-corrected chi connectivity index (χ0v) is 11.0. The second-order valence-corrected chi connectivity index (χ2v) is 4.86. The summed E-state index contributed by atoms with van der Waals surface area (Å²) in [5.74, 6) is -1.82. The molecule has 1 amide bonds. The molecule has 3 nitrogen and oxygen atoms in total. The van der Waals surface area contributed by atoms with Crippen LogP contribution >= 0.6 is 0 Å². The number of rotatable bonds is 1. The van der Waals surface area contributed by atoms with E-state index in [1.54, 1.807) is 0 Å². The number of benzene rings is 2. The minimum atomic E-state index is -4.66. The van der Waals surface area contributed by atoms with Gasteiger partial charge in [0.2, 0.25) is 0 Å². The molecular formula is C15H9F4NO2.